The molecule has 0 unspecified atom stereocenters. The Morgan fingerprint density at radius 1 is 0.933 bits per heavy atom. The van der Waals surface area contributed by atoms with Gasteiger partial charge in [0.05, 0.1) is 6.04 Å². The van der Waals surface area contributed by atoms with Crippen LogP contribution in [-0.2, 0) is 4.79 Å². The molecular weight excluding hydrogens is 574 g/mol. The maximum Gasteiger partial charge on any atom is 0.251 e. The first-order valence-electron chi connectivity index (χ1n) is 15.2. The summed E-state index contributed by atoms with van der Waals surface area (Å²) in [5.41, 5.74) is 7.62. The Balaban J connectivity index is 1.32. The summed E-state index contributed by atoms with van der Waals surface area (Å²) in [6.07, 6.45) is 1.67. The zero-order valence-corrected chi connectivity index (χ0v) is 24.9. The normalized spacial score (nSPS) is 16.9. The van der Waals surface area contributed by atoms with Crippen LogP contribution in [0.5, 0.6) is 0 Å². The average molecular weight is 613 g/mol. The lowest BCUT2D eigenvalue weighted by molar-refractivity contribution is -0.133. The molecule has 1 saturated heterocycles. The maximum absolute atomic E-state index is 14.0. The van der Waals surface area contributed by atoms with E-state index in [9.17, 15) is 18.4 Å². The van der Waals surface area contributed by atoms with Crippen molar-refractivity contribution in [2.24, 2.45) is 5.73 Å². The Morgan fingerprint density at radius 3 is 2.22 bits per heavy atom. The van der Waals surface area contributed by atoms with E-state index in [-0.39, 0.29) is 41.4 Å². The molecule has 2 atom stereocenters. The number of guanidine groups is 1. The molecule has 234 valence electrons. The molecule has 1 fully saturated rings. The number of carbonyl (C=O) groups is 2. The lowest BCUT2D eigenvalue weighted by atomic mass is 9.90. The second-order valence-electron chi connectivity index (χ2n) is 11.4. The summed E-state index contributed by atoms with van der Waals surface area (Å²) in [6.45, 7) is 1.52. The van der Waals surface area contributed by atoms with Crippen LogP contribution in [0.2, 0.25) is 0 Å². The number of nitrogens with zero attached hydrogens (tertiary/aromatic N) is 1. The van der Waals surface area contributed by atoms with E-state index in [4.69, 9.17) is 11.1 Å². The lowest BCUT2D eigenvalue weighted by Crippen LogP contribution is -2.49. The van der Waals surface area contributed by atoms with Crippen LogP contribution in [0, 0.1) is 17.0 Å². The molecule has 10 heteroatoms. The van der Waals surface area contributed by atoms with Crippen molar-refractivity contribution in [3.8, 4) is 0 Å². The highest BCUT2D eigenvalue weighted by molar-refractivity contribution is 5.98. The molecule has 0 aromatic heterocycles. The molecule has 0 spiro atoms. The summed E-state index contributed by atoms with van der Waals surface area (Å²) in [7, 11) is 0. The van der Waals surface area contributed by atoms with Gasteiger partial charge >= 0.3 is 0 Å². The summed E-state index contributed by atoms with van der Waals surface area (Å²) in [6, 6.07) is 25.1. The fourth-order valence-corrected chi connectivity index (χ4v) is 5.82. The van der Waals surface area contributed by atoms with Gasteiger partial charge in [0, 0.05) is 43.7 Å². The number of halogens is 2. The molecule has 1 aliphatic rings. The van der Waals surface area contributed by atoms with Crippen LogP contribution in [0.1, 0.15) is 46.7 Å². The van der Waals surface area contributed by atoms with Crippen molar-refractivity contribution >= 4 is 28.5 Å². The van der Waals surface area contributed by atoms with Crippen LogP contribution >= 0.6 is 0 Å². The minimum atomic E-state index is -0.536. The van der Waals surface area contributed by atoms with Gasteiger partial charge in [0.2, 0.25) is 5.91 Å². The van der Waals surface area contributed by atoms with Crippen molar-refractivity contribution in [2.75, 3.05) is 26.2 Å². The topological polar surface area (TPSA) is 123 Å². The molecular formula is C35H38F2N6O2. The molecule has 4 aromatic rings. The first-order chi connectivity index (χ1) is 21.8. The van der Waals surface area contributed by atoms with Gasteiger partial charge in [0.1, 0.15) is 11.6 Å². The minimum Gasteiger partial charge on any atom is -0.370 e. The standard InChI is InChI=1S/C35H38F2N6O2/c36-28-13-9-24(10-14-28)31(25-11-15-29(37)16-12-25)22-43-19-17-30(42-32(34(43)45)6-3-18-40-35(38)39)21-41-33(44)27-8-7-23-4-1-2-5-26(23)20-27/h1-2,4-5,7-16,20,30-32,42H,3,6,17-19,21-22H2,(H,41,44)(H4,38,39,40)/t30-,32-/m0/s1. The number of nitrogens with two attached hydrogens (primary N) is 1. The number of carbonyl (C=O) groups excluding carboxylic acids is 2. The zero-order chi connectivity index (χ0) is 31.8. The van der Waals surface area contributed by atoms with Gasteiger partial charge in [-0.25, -0.2) is 8.78 Å². The Labute approximate surface area is 261 Å². The molecule has 2 amide bonds. The molecule has 0 bridgehead atoms. The molecule has 1 heterocycles. The molecule has 1 aliphatic heterocycles. The van der Waals surface area contributed by atoms with Crippen molar-refractivity contribution in [1.82, 2.24) is 20.9 Å². The summed E-state index contributed by atoms with van der Waals surface area (Å²) < 4.78 is 27.6. The third kappa shape index (κ3) is 8.42. The molecule has 4 aromatic carbocycles. The van der Waals surface area contributed by atoms with Gasteiger partial charge in [0.15, 0.2) is 5.96 Å². The summed E-state index contributed by atoms with van der Waals surface area (Å²) in [5, 5.41) is 18.7. The van der Waals surface area contributed by atoms with Crippen molar-refractivity contribution in [2.45, 2.75) is 37.3 Å². The van der Waals surface area contributed by atoms with E-state index >= 15 is 0 Å². The molecule has 6 N–H and O–H groups in total. The zero-order valence-electron chi connectivity index (χ0n) is 24.9. The van der Waals surface area contributed by atoms with E-state index in [0.717, 1.165) is 21.9 Å². The quantitative estimate of drug-likeness (QED) is 0.0970. The van der Waals surface area contributed by atoms with E-state index < -0.39 is 6.04 Å². The Bertz CT molecular complexity index is 1580. The monoisotopic (exact) mass is 612 g/mol. The number of fused-ring (bicyclic) bond motifs is 1. The fraction of sp³-hybridized carbons (Fsp3) is 0.286. The fourth-order valence-electron chi connectivity index (χ4n) is 5.82. The van der Waals surface area contributed by atoms with Gasteiger partial charge in [-0.3, -0.25) is 15.0 Å². The molecule has 0 radical (unpaired) electrons. The predicted octanol–water partition coefficient (Wildman–Crippen LogP) is 4.50. The Hall–Kier alpha value is -4.83. The predicted molar refractivity (Wildman–Crippen MR) is 172 cm³/mol. The van der Waals surface area contributed by atoms with Crippen molar-refractivity contribution in [3.63, 3.8) is 0 Å². The van der Waals surface area contributed by atoms with Gasteiger partial charge < -0.3 is 26.6 Å². The Kier molecular flexibility index (Phi) is 10.4. The first-order valence-corrected chi connectivity index (χ1v) is 15.2. The highest BCUT2D eigenvalue weighted by Crippen LogP contribution is 2.28. The van der Waals surface area contributed by atoms with Crippen LogP contribution in [0.15, 0.2) is 91.0 Å². The molecule has 45 heavy (non-hydrogen) atoms. The lowest BCUT2D eigenvalue weighted by Gasteiger charge is -2.29. The number of hydrogen-bond donors (Lipinski definition) is 5. The summed E-state index contributed by atoms with van der Waals surface area (Å²) >= 11 is 0. The molecule has 0 saturated carbocycles. The third-order valence-electron chi connectivity index (χ3n) is 8.25. The van der Waals surface area contributed by atoms with E-state index in [1.165, 1.54) is 24.3 Å². The summed E-state index contributed by atoms with van der Waals surface area (Å²) in [5.74, 6) is -1.44. The molecule has 5 rings (SSSR count). The molecule has 0 aliphatic carbocycles. The highest BCUT2D eigenvalue weighted by atomic mass is 19.1. The van der Waals surface area contributed by atoms with Crippen LogP contribution in [0.25, 0.3) is 10.8 Å². The number of benzene rings is 4. The third-order valence-corrected chi connectivity index (χ3v) is 8.25. The number of nitrogens with one attached hydrogen (secondary N) is 4. The first kappa shape index (κ1) is 31.6. The van der Waals surface area contributed by atoms with Crippen LogP contribution in [0.4, 0.5) is 8.78 Å². The van der Waals surface area contributed by atoms with Crippen molar-refractivity contribution < 1.29 is 18.4 Å². The highest BCUT2D eigenvalue weighted by Gasteiger charge is 2.32. The van der Waals surface area contributed by atoms with Crippen LogP contribution in [0.3, 0.4) is 0 Å². The van der Waals surface area contributed by atoms with E-state index in [0.29, 0.717) is 51.0 Å². The van der Waals surface area contributed by atoms with Gasteiger partial charge in [-0.1, -0.05) is 54.6 Å². The van der Waals surface area contributed by atoms with Crippen molar-refractivity contribution in [3.05, 3.63) is 119 Å². The van der Waals surface area contributed by atoms with E-state index in [1.54, 1.807) is 35.2 Å². The number of rotatable bonds is 11. The smallest absolute Gasteiger partial charge is 0.251 e. The van der Waals surface area contributed by atoms with Gasteiger partial charge in [-0.05, 0) is 77.6 Å². The SMILES string of the molecule is N=C(N)NCCC[C@@H]1N[C@H](CNC(=O)c2ccc3ccccc3c2)CCN(CC(c2ccc(F)cc2)c2ccc(F)cc2)C1=O. The second kappa shape index (κ2) is 14.8. The van der Waals surface area contributed by atoms with Gasteiger partial charge in [-0.2, -0.15) is 0 Å². The van der Waals surface area contributed by atoms with Gasteiger partial charge in [-0.15, -0.1) is 0 Å². The van der Waals surface area contributed by atoms with Crippen molar-refractivity contribution in [1.29, 1.82) is 5.41 Å². The minimum absolute atomic E-state index is 0.0876. The molecule has 8 nitrogen and oxygen atoms in total. The van der Waals surface area contributed by atoms with Crippen LogP contribution in [-0.4, -0.2) is 60.9 Å². The second-order valence-corrected chi connectivity index (χ2v) is 11.4. The van der Waals surface area contributed by atoms with E-state index in [1.807, 2.05) is 36.4 Å². The average Bonchev–Trinajstić information content (AvgIpc) is 3.19. The number of amides is 2. The maximum atomic E-state index is 14.0. The van der Waals surface area contributed by atoms with E-state index in [2.05, 4.69) is 16.0 Å². The largest absolute Gasteiger partial charge is 0.370 e. The van der Waals surface area contributed by atoms with Gasteiger partial charge in [0.25, 0.3) is 5.91 Å². The van der Waals surface area contributed by atoms with Crippen LogP contribution < -0.4 is 21.7 Å². The number of hydrogen-bond acceptors (Lipinski definition) is 4. The summed E-state index contributed by atoms with van der Waals surface area (Å²) in [4.78, 5) is 28.9. The Morgan fingerprint density at radius 2 is 1.58 bits per heavy atom.